The predicted octanol–water partition coefficient (Wildman–Crippen LogP) is 4.23. The molecule has 1 atom stereocenters. The first-order valence-electron chi connectivity index (χ1n) is 11.4. The third kappa shape index (κ3) is 4.94. The Morgan fingerprint density at radius 2 is 1.71 bits per heavy atom. The highest BCUT2D eigenvalue weighted by Crippen LogP contribution is 2.37. The van der Waals surface area contributed by atoms with E-state index in [0.29, 0.717) is 23.7 Å². The van der Waals surface area contributed by atoms with Crippen molar-refractivity contribution in [1.82, 2.24) is 9.97 Å². The molecule has 2 aromatic carbocycles. The second-order valence-corrected chi connectivity index (χ2v) is 9.01. The van der Waals surface area contributed by atoms with Crippen molar-refractivity contribution in [3.05, 3.63) is 71.2 Å². The van der Waals surface area contributed by atoms with Crippen molar-refractivity contribution in [3.8, 4) is 0 Å². The van der Waals surface area contributed by atoms with Gasteiger partial charge in [-0.05, 0) is 54.8 Å². The molecule has 182 valence electrons. The molecule has 0 radical (unpaired) electrons. The SMILES string of the molecule is Cc1nc(NCc2ccc(NC(=O)c3ccc(F)cc3)cc2)nc2c1N(C)C(=O)C(C(C)C)N2C. The minimum Gasteiger partial charge on any atom is -0.350 e. The van der Waals surface area contributed by atoms with E-state index in [0.717, 1.165) is 22.8 Å². The van der Waals surface area contributed by atoms with Gasteiger partial charge in [-0.1, -0.05) is 26.0 Å². The average molecular weight is 477 g/mol. The molecule has 35 heavy (non-hydrogen) atoms. The number of benzene rings is 2. The monoisotopic (exact) mass is 476 g/mol. The Balaban J connectivity index is 1.45. The topological polar surface area (TPSA) is 90.5 Å². The zero-order valence-corrected chi connectivity index (χ0v) is 20.5. The lowest BCUT2D eigenvalue weighted by molar-refractivity contribution is -0.120. The van der Waals surface area contributed by atoms with E-state index in [1.54, 1.807) is 24.1 Å². The largest absolute Gasteiger partial charge is 0.350 e. The molecular weight excluding hydrogens is 447 g/mol. The van der Waals surface area contributed by atoms with Gasteiger partial charge in [-0.25, -0.2) is 9.37 Å². The van der Waals surface area contributed by atoms with E-state index in [1.807, 2.05) is 44.9 Å². The Morgan fingerprint density at radius 1 is 1.06 bits per heavy atom. The molecule has 4 rings (SSSR count). The van der Waals surface area contributed by atoms with Crippen LogP contribution in [0.1, 0.15) is 35.5 Å². The number of nitrogens with one attached hydrogen (secondary N) is 2. The van der Waals surface area contributed by atoms with Crippen LogP contribution >= 0.6 is 0 Å². The highest BCUT2D eigenvalue weighted by Gasteiger charge is 2.38. The highest BCUT2D eigenvalue weighted by atomic mass is 19.1. The smallest absolute Gasteiger partial charge is 0.255 e. The van der Waals surface area contributed by atoms with Gasteiger partial charge < -0.3 is 20.4 Å². The number of nitrogens with zero attached hydrogens (tertiary/aromatic N) is 4. The van der Waals surface area contributed by atoms with Crippen molar-refractivity contribution in [2.24, 2.45) is 5.92 Å². The van der Waals surface area contributed by atoms with Gasteiger partial charge in [0.15, 0.2) is 5.82 Å². The van der Waals surface area contributed by atoms with Gasteiger partial charge in [0.25, 0.3) is 5.91 Å². The fraction of sp³-hybridized carbons (Fsp3) is 0.308. The van der Waals surface area contributed by atoms with E-state index in [1.165, 1.54) is 24.3 Å². The van der Waals surface area contributed by atoms with Gasteiger partial charge in [-0.2, -0.15) is 4.98 Å². The van der Waals surface area contributed by atoms with Crippen LogP contribution in [0.25, 0.3) is 0 Å². The minimum atomic E-state index is -0.386. The molecule has 0 saturated carbocycles. The average Bonchev–Trinajstić information content (AvgIpc) is 2.82. The highest BCUT2D eigenvalue weighted by molar-refractivity contribution is 6.05. The molecule has 0 fully saturated rings. The summed E-state index contributed by atoms with van der Waals surface area (Å²) in [6, 6.07) is 12.5. The van der Waals surface area contributed by atoms with Crippen LogP contribution in [0.15, 0.2) is 48.5 Å². The molecule has 0 bridgehead atoms. The number of hydrogen-bond donors (Lipinski definition) is 2. The molecule has 0 aliphatic carbocycles. The molecule has 9 heteroatoms. The van der Waals surface area contributed by atoms with Crippen LogP contribution in [0, 0.1) is 18.7 Å². The summed E-state index contributed by atoms with van der Waals surface area (Å²) >= 11 is 0. The number of fused-ring (bicyclic) bond motifs is 1. The van der Waals surface area contributed by atoms with E-state index in [-0.39, 0.29) is 29.6 Å². The summed E-state index contributed by atoms with van der Waals surface area (Å²) in [4.78, 5) is 38.0. The van der Waals surface area contributed by atoms with Crippen molar-refractivity contribution in [3.63, 3.8) is 0 Å². The molecule has 0 spiro atoms. The summed E-state index contributed by atoms with van der Waals surface area (Å²) in [5.74, 6) is 0.682. The molecule has 1 aliphatic rings. The molecule has 3 aromatic rings. The van der Waals surface area contributed by atoms with Crippen molar-refractivity contribution in [2.45, 2.75) is 33.4 Å². The second kappa shape index (κ2) is 9.69. The Bertz CT molecular complexity index is 1240. The van der Waals surface area contributed by atoms with Crippen LogP contribution in [0.3, 0.4) is 0 Å². The third-order valence-electron chi connectivity index (χ3n) is 6.11. The second-order valence-electron chi connectivity index (χ2n) is 9.01. The van der Waals surface area contributed by atoms with Crippen molar-refractivity contribution in [1.29, 1.82) is 0 Å². The Labute approximate surface area is 204 Å². The standard InChI is InChI=1S/C26H29FN6O2/c1-15(2)21-25(35)33(5)22-16(3)29-26(31-23(22)32(21)4)28-14-17-6-12-20(13-7-17)30-24(34)18-8-10-19(27)11-9-18/h6-13,15,21H,14H2,1-5H3,(H,30,34)(H,28,29,31). The Hall–Kier alpha value is -4.01. The first kappa shape index (κ1) is 24.1. The zero-order valence-electron chi connectivity index (χ0n) is 20.5. The summed E-state index contributed by atoms with van der Waals surface area (Å²) in [5, 5.41) is 6.06. The maximum absolute atomic E-state index is 13.1. The number of likely N-dealkylation sites (N-methyl/N-ethyl adjacent to an activating group) is 2. The number of amides is 2. The van der Waals surface area contributed by atoms with Gasteiger partial charge in [-0.15, -0.1) is 0 Å². The van der Waals surface area contributed by atoms with E-state index >= 15 is 0 Å². The molecule has 0 saturated heterocycles. The van der Waals surface area contributed by atoms with Crippen molar-refractivity contribution >= 4 is 35.0 Å². The van der Waals surface area contributed by atoms with Crippen LogP contribution in [0.4, 0.5) is 27.5 Å². The van der Waals surface area contributed by atoms with Gasteiger partial charge in [0.05, 0.1) is 5.69 Å². The van der Waals surface area contributed by atoms with E-state index < -0.39 is 0 Å². The Kier molecular flexibility index (Phi) is 6.68. The lowest BCUT2D eigenvalue weighted by Crippen LogP contribution is -2.53. The molecule has 1 aliphatic heterocycles. The number of aryl methyl sites for hydroxylation is 1. The number of hydrogen-bond acceptors (Lipinski definition) is 6. The summed E-state index contributed by atoms with van der Waals surface area (Å²) in [6.07, 6.45) is 0. The maximum Gasteiger partial charge on any atom is 0.255 e. The van der Waals surface area contributed by atoms with Crippen molar-refractivity contribution in [2.75, 3.05) is 34.5 Å². The van der Waals surface area contributed by atoms with E-state index in [2.05, 4.69) is 15.6 Å². The van der Waals surface area contributed by atoms with Gasteiger partial charge in [0.2, 0.25) is 11.9 Å². The summed E-state index contributed by atoms with van der Waals surface area (Å²) < 4.78 is 13.1. The molecule has 1 unspecified atom stereocenters. The quantitative estimate of drug-likeness (QED) is 0.554. The van der Waals surface area contributed by atoms with E-state index in [9.17, 15) is 14.0 Å². The number of anilines is 4. The van der Waals surface area contributed by atoms with Crippen LogP contribution < -0.4 is 20.4 Å². The van der Waals surface area contributed by atoms with Crippen LogP contribution in [0.2, 0.25) is 0 Å². The van der Waals surface area contributed by atoms with Gasteiger partial charge in [0, 0.05) is 31.9 Å². The number of aromatic nitrogens is 2. The molecule has 1 aromatic heterocycles. The van der Waals surface area contributed by atoms with Crippen LogP contribution in [-0.2, 0) is 11.3 Å². The first-order valence-corrected chi connectivity index (χ1v) is 11.4. The summed E-state index contributed by atoms with van der Waals surface area (Å²) in [7, 11) is 3.66. The molecule has 2 N–H and O–H groups in total. The number of halogens is 1. The number of rotatable bonds is 6. The lowest BCUT2D eigenvalue weighted by Gasteiger charge is -2.40. The minimum absolute atomic E-state index is 0.0361. The first-order chi connectivity index (χ1) is 16.7. The molecule has 8 nitrogen and oxygen atoms in total. The van der Waals surface area contributed by atoms with Gasteiger partial charge in [0.1, 0.15) is 17.5 Å². The fourth-order valence-corrected chi connectivity index (χ4v) is 4.30. The number of carbonyl (C=O) groups excluding carboxylic acids is 2. The lowest BCUT2D eigenvalue weighted by atomic mass is 9.98. The normalized spacial score (nSPS) is 15.3. The van der Waals surface area contributed by atoms with Crippen LogP contribution in [0.5, 0.6) is 0 Å². The maximum atomic E-state index is 13.1. The Morgan fingerprint density at radius 3 is 2.34 bits per heavy atom. The summed E-state index contributed by atoms with van der Waals surface area (Å²) in [6.45, 7) is 6.40. The predicted molar refractivity (Wildman–Crippen MR) is 135 cm³/mol. The van der Waals surface area contributed by atoms with Crippen molar-refractivity contribution < 1.29 is 14.0 Å². The zero-order chi connectivity index (χ0) is 25.3. The van der Waals surface area contributed by atoms with Gasteiger partial charge >= 0.3 is 0 Å². The molecule has 2 amide bonds. The number of carbonyl (C=O) groups is 2. The third-order valence-corrected chi connectivity index (χ3v) is 6.11. The van der Waals surface area contributed by atoms with Gasteiger partial charge in [-0.3, -0.25) is 9.59 Å². The fourth-order valence-electron chi connectivity index (χ4n) is 4.30. The summed E-state index contributed by atoms with van der Waals surface area (Å²) in [5.41, 5.74) is 3.44. The molecule has 2 heterocycles. The van der Waals surface area contributed by atoms with E-state index in [4.69, 9.17) is 4.98 Å². The molecular formula is C26H29FN6O2. The van der Waals surface area contributed by atoms with Crippen LogP contribution in [-0.4, -0.2) is 41.9 Å².